The standard InChI is InChI=1S/C35H44O11/c1-39-32-31(42-20-24-14-8-4-9-15-24)27(22-41-19-23-12-6-3-7-13-23)45-35(33(32)43-21-25-16-10-5-11-17-25)46-30-26(18-36)44-34(40-2)29(38)28(30)37/h3-17,26-38H,18-22H2,1-2H3/t26-,27-,28-,29-,30+,31+,32+,33-,34+,35+/m1/s1. The van der Waals surface area contributed by atoms with Gasteiger partial charge < -0.3 is 53.2 Å². The van der Waals surface area contributed by atoms with Gasteiger partial charge >= 0.3 is 0 Å². The molecule has 0 amide bonds. The van der Waals surface area contributed by atoms with Gasteiger partial charge in [-0.3, -0.25) is 0 Å². The first kappa shape index (κ1) is 34.6. The van der Waals surface area contributed by atoms with Crippen LogP contribution in [0.2, 0.25) is 0 Å². The highest BCUT2D eigenvalue weighted by molar-refractivity contribution is 5.15. The summed E-state index contributed by atoms with van der Waals surface area (Å²) in [4.78, 5) is 0. The molecule has 3 aromatic carbocycles. The summed E-state index contributed by atoms with van der Waals surface area (Å²) < 4.78 is 48.9. The number of methoxy groups -OCH3 is 2. The fraction of sp³-hybridized carbons (Fsp3) is 0.486. The topological polar surface area (TPSA) is 135 Å². The molecule has 2 aliphatic heterocycles. The molecule has 2 aliphatic rings. The van der Waals surface area contributed by atoms with E-state index in [1.807, 2.05) is 91.0 Å². The van der Waals surface area contributed by atoms with Crippen molar-refractivity contribution in [1.82, 2.24) is 0 Å². The molecule has 2 saturated heterocycles. The zero-order valence-electron chi connectivity index (χ0n) is 26.1. The van der Waals surface area contributed by atoms with E-state index < -0.39 is 68.0 Å². The highest BCUT2D eigenvalue weighted by Crippen LogP contribution is 2.34. The molecule has 0 bridgehead atoms. The number of rotatable bonds is 15. The van der Waals surface area contributed by atoms with Crippen LogP contribution in [0.15, 0.2) is 91.0 Å². The van der Waals surface area contributed by atoms with Gasteiger partial charge in [-0.05, 0) is 16.7 Å². The van der Waals surface area contributed by atoms with Crippen LogP contribution in [-0.4, -0.2) is 104 Å². The second-order valence-electron chi connectivity index (χ2n) is 11.3. The Kier molecular flexibility index (Phi) is 13.1. The minimum absolute atomic E-state index is 0.126. The summed E-state index contributed by atoms with van der Waals surface area (Å²) in [6, 6.07) is 29.2. The average Bonchev–Trinajstić information content (AvgIpc) is 3.10. The Hall–Kier alpha value is -2.78. The predicted molar refractivity (Wildman–Crippen MR) is 165 cm³/mol. The summed E-state index contributed by atoms with van der Waals surface area (Å²) in [5.41, 5.74) is 2.88. The summed E-state index contributed by atoms with van der Waals surface area (Å²) >= 11 is 0. The number of hydrogen-bond donors (Lipinski definition) is 3. The number of aliphatic hydroxyl groups is 3. The monoisotopic (exact) mass is 640 g/mol. The van der Waals surface area contributed by atoms with Crippen molar-refractivity contribution in [1.29, 1.82) is 0 Å². The first-order valence-electron chi connectivity index (χ1n) is 15.4. The minimum atomic E-state index is -1.46. The van der Waals surface area contributed by atoms with Crippen LogP contribution in [-0.2, 0) is 57.7 Å². The van der Waals surface area contributed by atoms with Crippen LogP contribution in [0.3, 0.4) is 0 Å². The van der Waals surface area contributed by atoms with E-state index in [4.69, 9.17) is 37.9 Å². The van der Waals surface area contributed by atoms with Crippen molar-refractivity contribution in [2.75, 3.05) is 27.4 Å². The van der Waals surface area contributed by atoms with Crippen molar-refractivity contribution in [2.45, 2.75) is 81.2 Å². The van der Waals surface area contributed by atoms with Crippen molar-refractivity contribution in [3.63, 3.8) is 0 Å². The van der Waals surface area contributed by atoms with E-state index in [9.17, 15) is 15.3 Å². The number of hydrogen-bond acceptors (Lipinski definition) is 11. The van der Waals surface area contributed by atoms with Crippen LogP contribution in [0.5, 0.6) is 0 Å². The highest BCUT2D eigenvalue weighted by atomic mass is 16.8. The summed E-state index contributed by atoms with van der Waals surface area (Å²) in [6.07, 6.45) is -10.3. The fourth-order valence-electron chi connectivity index (χ4n) is 5.74. The summed E-state index contributed by atoms with van der Waals surface area (Å²) in [7, 11) is 2.90. The SMILES string of the molecule is CO[C@H]1O[C@H](CO)[C@H](O[C@@H]2O[C@H](COCc3ccccc3)[C@H](OCc3ccccc3)[C@H](OC)[C@H]2OCc2ccccc2)[C@H](O)[C@H]1O. The Morgan fingerprint density at radius 3 is 1.61 bits per heavy atom. The van der Waals surface area contributed by atoms with Gasteiger partial charge in [0.1, 0.15) is 48.8 Å². The normalized spacial score (nSPS) is 31.5. The van der Waals surface area contributed by atoms with Gasteiger partial charge in [0.2, 0.25) is 0 Å². The van der Waals surface area contributed by atoms with Gasteiger partial charge in [-0.2, -0.15) is 0 Å². The zero-order chi connectivity index (χ0) is 32.3. The molecule has 0 unspecified atom stereocenters. The Balaban J connectivity index is 1.42. The second kappa shape index (κ2) is 17.4. The van der Waals surface area contributed by atoms with Crippen LogP contribution in [0.4, 0.5) is 0 Å². The van der Waals surface area contributed by atoms with E-state index in [2.05, 4.69) is 0 Å². The van der Waals surface area contributed by atoms with Gasteiger partial charge in [0.25, 0.3) is 0 Å². The number of benzene rings is 3. The van der Waals surface area contributed by atoms with Gasteiger partial charge in [0.15, 0.2) is 12.6 Å². The van der Waals surface area contributed by atoms with E-state index in [1.54, 1.807) is 7.11 Å². The summed E-state index contributed by atoms with van der Waals surface area (Å²) in [5.74, 6) is 0. The van der Waals surface area contributed by atoms with Crippen molar-refractivity contribution in [2.24, 2.45) is 0 Å². The summed E-state index contributed by atoms with van der Waals surface area (Å²) in [6.45, 7) is 0.456. The third kappa shape index (κ3) is 8.77. The lowest BCUT2D eigenvalue weighted by Gasteiger charge is -2.48. The molecule has 2 heterocycles. The Morgan fingerprint density at radius 2 is 1.09 bits per heavy atom. The fourth-order valence-corrected chi connectivity index (χ4v) is 5.74. The molecule has 0 spiro atoms. The molecule has 3 aromatic rings. The zero-order valence-corrected chi connectivity index (χ0v) is 26.1. The summed E-state index contributed by atoms with van der Waals surface area (Å²) in [5, 5.41) is 31.9. The molecule has 250 valence electrons. The molecule has 11 nitrogen and oxygen atoms in total. The smallest absolute Gasteiger partial charge is 0.187 e. The molecule has 2 fully saturated rings. The third-order valence-electron chi connectivity index (χ3n) is 8.17. The van der Waals surface area contributed by atoms with Crippen molar-refractivity contribution >= 4 is 0 Å². The van der Waals surface area contributed by atoms with E-state index in [0.29, 0.717) is 6.61 Å². The van der Waals surface area contributed by atoms with Crippen LogP contribution in [0.1, 0.15) is 16.7 Å². The molecule has 0 aliphatic carbocycles. The van der Waals surface area contributed by atoms with E-state index in [0.717, 1.165) is 16.7 Å². The maximum absolute atomic E-state index is 11.1. The molecule has 3 N–H and O–H groups in total. The molecule has 10 atom stereocenters. The lowest BCUT2D eigenvalue weighted by Crippen LogP contribution is -2.65. The van der Waals surface area contributed by atoms with E-state index in [1.165, 1.54) is 7.11 Å². The minimum Gasteiger partial charge on any atom is -0.394 e. The maximum Gasteiger partial charge on any atom is 0.187 e. The molecule has 5 rings (SSSR count). The maximum atomic E-state index is 11.1. The molecular formula is C35H44O11. The quantitative estimate of drug-likeness (QED) is 0.226. The van der Waals surface area contributed by atoms with Gasteiger partial charge in [0, 0.05) is 14.2 Å². The highest BCUT2D eigenvalue weighted by Gasteiger charge is 2.52. The molecule has 11 heteroatoms. The Morgan fingerprint density at radius 1 is 0.565 bits per heavy atom. The molecule has 46 heavy (non-hydrogen) atoms. The predicted octanol–water partition coefficient (Wildman–Crippen LogP) is 2.58. The van der Waals surface area contributed by atoms with Crippen LogP contribution >= 0.6 is 0 Å². The van der Waals surface area contributed by atoms with Crippen molar-refractivity contribution in [3.8, 4) is 0 Å². The third-order valence-corrected chi connectivity index (χ3v) is 8.17. The molecular weight excluding hydrogens is 596 g/mol. The van der Waals surface area contributed by atoms with Gasteiger partial charge in [-0.25, -0.2) is 0 Å². The first-order chi connectivity index (χ1) is 22.5. The van der Waals surface area contributed by atoms with Crippen LogP contribution in [0, 0.1) is 0 Å². The van der Waals surface area contributed by atoms with Crippen molar-refractivity contribution in [3.05, 3.63) is 108 Å². The van der Waals surface area contributed by atoms with Crippen LogP contribution < -0.4 is 0 Å². The van der Waals surface area contributed by atoms with Gasteiger partial charge in [0.05, 0.1) is 33.0 Å². The van der Waals surface area contributed by atoms with Crippen molar-refractivity contribution < 1.29 is 53.2 Å². The Labute approximate surface area is 269 Å². The van der Waals surface area contributed by atoms with Gasteiger partial charge in [-0.1, -0.05) is 91.0 Å². The average molecular weight is 641 g/mol. The van der Waals surface area contributed by atoms with E-state index in [-0.39, 0.29) is 19.8 Å². The molecule has 0 saturated carbocycles. The lowest BCUT2D eigenvalue weighted by molar-refractivity contribution is -0.367. The largest absolute Gasteiger partial charge is 0.394 e. The number of aliphatic hydroxyl groups excluding tert-OH is 3. The van der Waals surface area contributed by atoms with E-state index >= 15 is 0 Å². The van der Waals surface area contributed by atoms with Crippen LogP contribution in [0.25, 0.3) is 0 Å². The lowest BCUT2D eigenvalue weighted by atomic mass is 9.96. The molecule has 0 aromatic heterocycles. The molecule has 0 radical (unpaired) electrons. The number of ether oxygens (including phenoxy) is 8. The second-order valence-corrected chi connectivity index (χ2v) is 11.3. The Bertz CT molecular complexity index is 1270. The first-order valence-corrected chi connectivity index (χ1v) is 15.4. The van der Waals surface area contributed by atoms with Gasteiger partial charge in [-0.15, -0.1) is 0 Å².